The minimum absolute atomic E-state index is 0.164. The summed E-state index contributed by atoms with van der Waals surface area (Å²) in [5, 5.41) is 1.80. The third kappa shape index (κ3) is 2.67. The van der Waals surface area contributed by atoms with Gasteiger partial charge in [0.25, 0.3) is 11.5 Å². The summed E-state index contributed by atoms with van der Waals surface area (Å²) in [6.07, 6.45) is 0. The summed E-state index contributed by atoms with van der Waals surface area (Å²) in [6.45, 7) is 3.61. The number of pyridine rings is 1. The molecule has 0 atom stereocenters. The molecule has 21 heavy (non-hydrogen) atoms. The van der Waals surface area contributed by atoms with Gasteiger partial charge in [0.1, 0.15) is 11.5 Å². The standard InChI is InChI=1S/C15H17FN2O3/c1-9(2)18-13(15(20)17(3)21-4)8-10-7-11(16)5-6-12(10)14(18)19/h5-9H,1-4H3. The number of hydrogen-bond acceptors (Lipinski definition) is 3. The minimum Gasteiger partial charge on any atom is -0.301 e. The van der Waals surface area contributed by atoms with Crippen molar-refractivity contribution >= 4 is 16.7 Å². The summed E-state index contributed by atoms with van der Waals surface area (Å²) >= 11 is 0. The molecule has 0 N–H and O–H groups in total. The third-order valence-corrected chi connectivity index (χ3v) is 3.31. The Bertz CT molecular complexity index is 752. The van der Waals surface area contributed by atoms with Gasteiger partial charge in [-0.1, -0.05) is 0 Å². The largest absolute Gasteiger partial charge is 0.301 e. The molecule has 0 fully saturated rings. The first kappa shape index (κ1) is 15.2. The number of nitrogens with zero attached hydrogens (tertiary/aromatic N) is 2. The summed E-state index contributed by atoms with van der Waals surface area (Å²) in [4.78, 5) is 29.7. The highest BCUT2D eigenvalue weighted by Crippen LogP contribution is 2.18. The summed E-state index contributed by atoms with van der Waals surface area (Å²) in [7, 11) is 2.81. The van der Waals surface area contributed by atoms with Crippen LogP contribution in [0.1, 0.15) is 30.4 Å². The van der Waals surface area contributed by atoms with Crippen molar-refractivity contribution in [1.29, 1.82) is 0 Å². The van der Waals surface area contributed by atoms with Crippen LogP contribution in [0.15, 0.2) is 29.1 Å². The Morgan fingerprint density at radius 3 is 2.57 bits per heavy atom. The molecule has 2 aromatic rings. The van der Waals surface area contributed by atoms with E-state index >= 15 is 0 Å². The van der Waals surface area contributed by atoms with Crippen molar-refractivity contribution in [3.8, 4) is 0 Å². The van der Waals surface area contributed by atoms with Gasteiger partial charge in [0.2, 0.25) is 0 Å². The number of amides is 1. The Kier molecular flexibility index (Phi) is 4.09. The van der Waals surface area contributed by atoms with E-state index in [0.29, 0.717) is 10.8 Å². The number of benzene rings is 1. The monoisotopic (exact) mass is 292 g/mol. The highest BCUT2D eigenvalue weighted by atomic mass is 19.1. The molecule has 0 aliphatic rings. The van der Waals surface area contributed by atoms with E-state index in [-0.39, 0.29) is 17.3 Å². The molecule has 0 saturated carbocycles. The number of carbonyl (C=O) groups is 1. The van der Waals surface area contributed by atoms with Crippen LogP contribution in [0.5, 0.6) is 0 Å². The maximum atomic E-state index is 13.4. The average molecular weight is 292 g/mol. The second kappa shape index (κ2) is 5.65. The minimum atomic E-state index is -0.463. The van der Waals surface area contributed by atoms with E-state index < -0.39 is 11.7 Å². The zero-order valence-electron chi connectivity index (χ0n) is 12.4. The van der Waals surface area contributed by atoms with Gasteiger partial charge in [-0.25, -0.2) is 9.45 Å². The van der Waals surface area contributed by atoms with Crippen LogP contribution >= 0.6 is 0 Å². The van der Waals surface area contributed by atoms with Gasteiger partial charge in [-0.2, -0.15) is 0 Å². The van der Waals surface area contributed by atoms with Crippen LogP contribution < -0.4 is 5.56 Å². The first-order valence-corrected chi connectivity index (χ1v) is 6.53. The molecule has 1 amide bonds. The SMILES string of the molecule is CON(C)C(=O)c1cc2cc(F)ccc2c(=O)n1C(C)C. The maximum Gasteiger partial charge on any atom is 0.293 e. The van der Waals surface area contributed by atoms with E-state index in [4.69, 9.17) is 4.84 Å². The van der Waals surface area contributed by atoms with Crippen molar-refractivity contribution in [3.63, 3.8) is 0 Å². The predicted octanol–water partition coefficient (Wildman–Crippen LogP) is 2.35. The van der Waals surface area contributed by atoms with Crippen molar-refractivity contribution in [2.24, 2.45) is 0 Å². The number of hydroxylamine groups is 2. The fourth-order valence-corrected chi connectivity index (χ4v) is 2.23. The zero-order chi connectivity index (χ0) is 15.7. The van der Waals surface area contributed by atoms with Gasteiger partial charge in [0.15, 0.2) is 0 Å². The van der Waals surface area contributed by atoms with Crippen LogP contribution in [0.2, 0.25) is 0 Å². The number of hydrogen-bond donors (Lipinski definition) is 0. The average Bonchev–Trinajstić information content (AvgIpc) is 2.44. The van der Waals surface area contributed by atoms with Crippen molar-refractivity contribution in [2.75, 3.05) is 14.2 Å². The number of aromatic nitrogens is 1. The molecule has 1 aromatic carbocycles. The first-order valence-electron chi connectivity index (χ1n) is 6.53. The van der Waals surface area contributed by atoms with E-state index in [9.17, 15) is 14.0 Å². The lowest BCUT2D eigenvalue weighted by Gasteiger charge is -2.20. The summed E-state index contributed by atoms with van der Waals surface area (Å²) in [6, 6.07) is 5.20. The Morgan fingerprint density at radius 1 is 1.33 bits per heavy atom. The molecule has 0 unspecified atom stereocenters. The van der Waals surface area contributed by atoms with Gasteiger partial charge < -0.3 is 4.57 Å². The van der Waals surface area contributed by atoms with Crippen molar-refractivity contribution in [3.05, 3.63) is 46.1 Å². The molecule has 2 rings (SSSR count). The zero-order valence-corrected chi connectivity index (χ0v) is 12.4. The molecule has 112 valence electrons. The van der Waals surface area contributed by atoms with Crippen LogP contribution in [0.4, 0.5) is 4.39 Å². The maximum absolute atomic E-state index is 13.4. The number of carbonyl (C=O) groups excluding carboxylic acids is 1. The smallest absolute Gasteiger partial charge is 0.293 e. The van der Waals surface area contributed by atoms with Crippen molar-refractivity contribution in [2.45, 2.75) is 19.9 Å². The quantitative estimate of drug-likeness (QED) is 0.816. The number of rotatable bonds is 3. The van der Waals surface area contributed by atoms with E-state index in [1.165, 1.54) is 43.0 Å². The Balaban J connectivity index is 2.82. The topological polar surface area (TPSA) is 51.5 Å². The molecule has 0 aliphatic carbocycles. The first-order chi connectivity index (χ1) is 9.86. The molecule has 0 saturated heterocycles. The highest BCUT2D eigenvalue weighted by Gasteiger charge is 2.20. The van der Waals surface area contributed by atoms with Crippen molar-refractivity contribution in [1.82, 2.24) is 9.63 Å². The lowest BCUT2D eigenvalue weighted by atomic mass is 10.1. The summed E-state index contributed by atoms with van der Waals surface area (Å²) in [5.74, 6) is -0.919. The molecular formula is C15H17FN2O3. The van der Waals surface area contributed by atoms with Gasteiger partial charge in [0, 0.05) is 18.5 Å². The van der Waals surface area contributed by atoms with Gasteiger partial charge in [-0.15, -0.1) is 0 Å². The normalized spacial score (nSPS) is 11.1. The lowest BCUT2D eigenvalue weighted by molar-refractivity contribution is -0.0764. The van der Waals surface area contributed by atoms with Crippen LogP contribution in [-0.2, 0) is 4.84 Å². The molecule has 6 heteroatoms. The number of fused-ring (bicyclic) bond motifs is 1. The lowest BCUT2D eigenvalue weighted by Crippen LogP contribution is -2.34. The van der Waals surface area contributed by atoms with Gasteiger partial charge in [-0.05, 0) is 43.5 Å². The second-order valence-corrected chi connectivity index (χ2v) is 5.02. The number of halogens is 1. The third-order valence-electron chi connectivity index (χ3n) is 3.31. The summed E-state index contributed by atoms with van der Waals surface area (Å²) in [5.41, 5.74) is -0.159. The van der Waals surface area contributed by atoms with E-state index in [0.717, 1.165) is 5.06 Å². The Morgan fingerprint density at radius 2 is 2.00 bits per heavy atom. The van der Waals surface area contributed by atoms with Gasteiger partial charge in [0.05, 0.1) is 7.11 Å². The van der Waals surface area contributed by atoms with Crippen LogP contribution in [0.25, 0.3) is 10.8 Å². The van der Waals surface area contributed by atoms with Crippen LogP contribution in [-0.4, -0.2) is 29.7 Å². The van der Waals surface area contributed by atoms with E-state index in [1.807, 2.05) is 0 Å². The van der Waals surface area contributed by atoms with Gasteiger partial charge >= 0.3 is 0 Å². The Labute approximate surface area is 121 Å². The fourth-order valence-electron chi connectivity index (χ4n) is 2.23. The molecule has 0 aliphatic heterocycles. The molecule has 0 radical (unpaired) electrons. The molecule has 5 nitrogen and oxygen atoms in total. The molecule has 0 spiro atoms. The van der Waals surface area contributed by atoms with Gasteiger partial charge in [-0.3, -0.25) is 14.4 Å². The van der Waals surface area contributed by atoms with Crippen LogP contribution in [0, 0.1) is 5.82 Å². The van der Waals surface area contributed by atoms with E-state index in [2.05, 4.69) is 0 Å². The summed E-state index contributed by atoms with van der Waals surface area (Å²) < 4.78 is 14.7. The Hall–Kier alpha value is -2.21. The molecule has 0 bridgehead atoms. The molecule has 1 heterocycles. The second-order valence-electron chi connectivity index (χ2n) is 5.02. The molecular weight excluding hydrogens is 275 g/mol. The van der Waals surface area contributed by atoms with Crippen molar-refractivity contribution < 1.29 is 14.0 Å². The molecule has 1 aromatic heterocycles. The highest BCUT2D eigenvalue weighted by molar-refractivity contribution is 5.96. The fraction of sp³-hybridized carbons (Fsp3) is 0.333. The van der Waals surface area contributed by atoms with Crippen LogP contribution in [0.3, 0.4) is 0 Å². The van der Waals surface area contributed by atoms with E-state index in [1.54, 1.807) is 13.8 Å². The predicted molar refractivity (Wildman–Crippen MR) is 77.7 cm³/mol.